The Bertz CT molecular complexity index is 984. The van der Waals surface area contributed by atoms with Gasteiger partial charge in [0.05, 0.1) is 11.9 Å². The molecule has 4 aromatic rings. The normalized spacial score (nSPS) is 11.2. The van der Waals surface area contributed by atoms with Crippen molar-refractivity contribution in [3.8, 4) is 0 Å². The Balaban J connectivity index is 1.78. The fourth-order valence-corrected chi connectivity index (χ4v) is 3.01. The van der Waals surface area contributed by atoms with Crippen LogP contribution in [0.15, 0.2) is 54.7 Å². The predicted octanol–water partition coefficient (Wildman–Crippen LogP) is 4.60. The van der Waals surface area contributed by atoms with Crippen molar-refractivity contribution in [1.82, 2.24) is 9.97 Å². The fourth-order valence-electron chi connectivity index (χ4n) is 3.01. The maximum Gasteiger partial charge on any atom is 0.123 e. The van der Waals surface area contributed by atoms with Gasteiger partial charge in [0, 0.05) is 27.5 Å². The summed E-state index contributed by atoms with van der Waals surface area (Å²) in [5.74, 6) is 0.522. The number of benzene rings is 2. The van der Waals surface area contributed by atoms with Crippen molar-refractivity contribution < 1.29 is 0 Å². The molecule has 4 heteroatoms. The second-order valence-electron chi connectivity index (χ2n) is 5.68. The van der Waals surface area contributed by atoms with Crippen molar-refractivity contribution in [2.45, 2.75) is 13.3 Å². The van der Waals surface area contributed by atoms with Gasteiger partial charge in [0.25, 0.3) is 0 Å². The summed E-state index contributed by atoms with van der Waals surface area (Å²) in [7, 11) is 0. The first-order valence-corrected chi connectivity index (χ1v) is 7.76. The summed E-state index contributed by atoms with van der Waals surface area (Å²) in [5.41, 5.74) is 11.3. The van der Waals surface area contributed by atoms with Crippen LogP contribution in [-0.4, -0.2) is 9.97 Å². The standard InChI is InChI=1S/C19H18N4/c1-2-12-4-3-5-16-15-8-6-13(10-17(15)23-19(12)16)22-14-7-9-18(20)21-11-14/h3-11,22-23H,2H2,1H3,(H2,20,21). The molecule has 0 radical (unpaired) electrons. The number of anilines is 3. The lowest BCUT2D eigenvalue weighted by molar-refractivity contribution is 1.15. The average molecular weight is 302 g/mol. The molecule has 4 nitrogen and oxygen atoms in total. The van der Waals surface area contributed by atoms with Crippen LogP contribution < -0.4 is 11.1 Å². The van der Waals surface area contributed by atoms with E-state index in [9.17, 15) is 0 Å². The van der Waals surface area contributed by atoms with Gasteiger partial charge in [-0.05, 0) is 36.2 Å². The summed E-state index contributed by atoms with van der Waals surface area (Å²) in [5, 5.41) is 5.88. The second-order valence-corrected chi connectivity index (χ2v) is 5.68. The minimum atomic E-state index is 0.522. The Morgan fingerprint density at radius 2 is 1.91 bits per heavy atom. The summed E-state index contributed by atoms with van der Waals surface area (Å²) in [4.78, 5) is 7.66. The van der Waals surface area contributed by atoms with Gasteiger partial charge in [-0.25, -0.2) is 4.98 Å². The summed E-state index contributed by atoms with van der Waals surface area (Å²) in [6.45, 7) is 2.18. The largest absolute Gasteiger partial charge is 0.384 e. The van der Waals surface area contributed by atoms with E-state index in [1.807, 2.05) is 6.07 Å². The van der Waals surface area contributed by atoms with Crippen LogP contribution in [0.4, 0.5) is 17.2 Å². The van der Waals surface area contributed by atoms with Gasteiger partial charge in [0.15, 0.2) is 0 Å². The van der Waals surface area contributed by atoms with Crippen LogP contribution in [0.25, 0.3) is 21.8 Å². The van der Waals surface area contributed by atoms with E-state index >= 15 is 0 Å². The lowest BCUT2D eigenvalue weighted by atomic mass is 10.1. The first-order chi connectivity index (χ1) is 11.2. The first kappa shape index (κ1) is 13.6. The SMILES string of the molecule is CCc1cccc2c1[nH]c1cc(Nc3ccc(N)nc3)ccc12. The molecule has 0 aliphatic heterocycles. The highest BCUT2D eigenvalue weighted by Crippen LogP contribution is 2.30. The number of rotatable bonds is 3. The Morgan fingerprint density at radius 1 is 1.04 bits per heavy atom. The minimum Gasteiger partial charge on any atom is -0.384 e. The molecule has 4 rings (SSSR count). The van der Waals surface area contributed by atoms with E-state index in [4.69, 9.17) is 5.73 Å². The molecule has 2 aromatic heterocycles. The number of H-pyrrole nitrogens is 1. The Kier molecular flexibility index (Phi) is 3.15. The third kappa shape index (κ3) is 2.38. The summed E-state index contributed by atoms with van der Waals surface area (Å²) >= 11 is 0. The molecule has 0 aliphatic carbocycles. The van der Waals surface area contributed by atoms with Gasteiger partial charge in [0.1, 0.15) is 5.82 Å². The van der Waals surface area contributed by atoms with Gasteiger partial charge in [0.2, 0.25) is 0 Å². The van der Waals surface area contributed by atoms with E-state index in [-0.39, 0.29) is 0 Å². The fraction of sp³-hybridized carbons (Fsp3) is 0.105. The number of aromatic nitrogens is 2. The molecular formula is C19H18N4. The number of nitrogens with two attached hydrogens (primary N) is 1. The Labute approximate surface area is 134 Å². The number of nitrogens with one attached hydrogen (secondary N) is 2. The van der Waals surface area contributed by atoms with Crippen molar-refractivity contribution in [3.05, 3.63) is 60.3 Å². The molecule has 0 saturated heterocycles. The summed E-state index contributed by atoms with van der Waals surface area (Å²) < 4.78 is 0. The van der Waals surface area contributed by atoms with Gasteiger partial charge in [-0.3, -0.25) is 0 Å². The Hall–Kier alpha value is -3.01. The minimum absolute atomic E-state index is 0.522. The predicted molar refractivity (Wildman–Crippen MR) is 97.1 cm³/mol. The molecule has 2 aromatic carbocycles. The van der Waals surface area contributed by atoms with E-state index in [2.05, 4.69) is 58.6 Å². The molecule has 2 heterocycles. The summed E-state index contributed by atoms with van der Waals surface area (Å²) in [6.07, 6.45) is 2.76. The molecule has 0 fully saturated rings. The highest BCUT2D eigenvalue weighted by atomic mass is 14.9. The van der Waals surface area contributed by atoms with E-state index < -0.39 is 0 Å². The monoisotopic (exact) mass is 302 g/mol. The molecule has 0 aliphatic rings. The Morgan fingerprint density at radius 3 is 2.70 bits per heavy atom. The zero-order valence-electron chi connectivity index (χ0n) is 12.9. The van der Waals surface area contributed by atoms with E-state index in [0.29, 0.717) is 5.82 Å². The van der Waals surface area contributed by atoms with Crippen molar-refractivity contribution in [3.63, 3.8) is 0 Å². The number of aryl methyl sites for hydroxylation is 1. The number of hydrogen-bond donors (Lipinski definition) is 3. The van der Waals surface area contributed by atoms with Crippen molar-refractivity contribution in [1.29, 1.82) is 0 Å². The van der Waals surface area contributed by atoms with Gasteiger partial charge in [-0.2, -0.15) is 0 Å². The molecule has 0 saturated carbocycles. The second kappa shape index (κ2) is 5.32. The number of aromatic amines is 1. The highest BCUT2D eigenvalue weighted by molar-refractivity contribution is 6.09. The maximum absolute atomic E-state index is 5.62. The molecular weight excluding hydrogens is 284 g/mol. The van der Waals surface area contributed by atoms with E-state index in [0.717, 1.165) is 23.3 Å². The molecule has 0 spiro atoms. The number of hydrogen-bond acceptors (Lipinski definition) is 3. The van der Waals surface area contributed by atoms with Crippen LogP contribution in [0.5, 0.6) is 0 Å². The average Bonchev–Trinajstić information content (AvgIpc) is 2.94. The van der Waals surface area contributed by atoms with Crippen LogP contribution in [0.1, 0.15) is 12.5 Å². The van der Waals surface area contributed by atoms with Crippen LogP contribution in [-0.2, 0) is 6.42 Å². The van der Waals surface area contributed by atoms with Crippen LogP contribution in [0, 0.1) is 0 Å². The molecule has 4 N–H and O–H groups in total. The van der Waals surface area contributed by atoms with Gasteiger partial charge in [-0.1, -0.05) is 31.2 Å². The molecule has 0 amide bonds. The van der Waals surface area contributed by atoms with Gasteiger partial charge < -0.3 is 16.0 Å². The van der Waals surface area contributed by atoms with E-state index in [1.54, 1.807) is 12.3 Å². The topological polar surface area (TPSA) is 66.7 Å². The zero-order chi connectivity index (χ0) is 15.8. The zero-order valence-corrected chi connectivity index (χ0v) is 12.9. The molecule has 0 atom stereocenters. The number of fused-ring (bicyclic) bond motifs is 3. The van der Waals surface area contributed by atoms with Crippen molar-refractivity contribution >= 4 is 39.0 Å². The lowest BCUT2D eigenvalue weighted by Crippen LogP contribution is -1.93. The first-order valence-electron chi connectivity index (χ1n) is 7.76. The van der Waals surface area contributed by atoms with E-state index in [1.165, 1.54) is 21.9 Å². The van der Waals surface area contributed by atoms with Crippen molar-refractivity contribution in [2.75, 3.05) is 11.1 Å². The quantitative estimate of drug-likeness (QED) is 0.518. The number of nitrogen functional groups attached to an aromatic ring is 1. The van der Waals surface area contributed by atoms with Gasteiger partial charge in [-0.15, -0.1) is 0 Å². The summed E-state index contributed by atoms with van der Waals surface area (Å²) in [6, 6.07) is 16.6. The third-order valence-corrected chi connectivity index (χ3v) is 4.18. The molecule has 23 heavy (non-hydrogen) atoms. The third-order valence-electron chi connectivity index (χ3n) is 4.18. The van der Waals surface area contributed by atoms with Crippen LogP contribution >= 0.6 is 0 Å². The lowest BCUT2D eigenvalue weighted by Gasteiger charge is -2.06. The number of para-hydroxylation sites is 1. The number of nitrogens with zero attached hydrogens (tertiary/aromatic N) is 1. The maximum atomic E-state index is 5.62. The smallest absolute Gasteiger partial charge is 0.123 e. The molecule has 0 unspecified atom stereocenters. The van der Waals surface area contributed by atoms with Crippen LogP contribution in [0.3, 0.4) is 0 Å². The van der Waals surface area contributed by atoms with Crippen LogP contribution in [0.2, 0.25) is 0 Å². The molecule has 114 valence electrons. The highest BCUT2D eigenvalue weighted by Gasteiger charge is 2.07. The van der Waals surface area contributed by atoms with Gasteiger partial charge >= 0.3 is 0 Å². The molecule has 0 bridgehead atoms. The van der Waals surface area contributed by atoms with Crippen molar-refractivity contribution in [2.24, 2.45) is 0 Å². The number of pyridine rings is 1.